The highest BCUT2D eigenvalue weighted by Gasteiger charge is 2.06. The van der Waals surface area contributed by atoms with Gasteiger partial charge in [0.15, 0.2) is 0 Å². The first-order valence-corrected chi connectivity index (χ1v) is 6.66. The Labute approximate surface area is 118 Å². The highest BCUT2D eigenvalue weighted by atomic mass is 16.3. The van der Waals surface area contributed by atoms with Gasteiger partial charge in [0.2, 0.25) is 0 Å². The maximum Gasteiger partial charge on any atom is 0.0955 e. The second-order valence-corrected chi connectivity index (χ2v) is 4.82. The Hall–Kier alpha value is -2.49. The SMILES string of the molecule is CC(Nc1ccc(Cn2cccn2)cc1)c1ccoc1. The molecule has 0 spiro atoms. The molecule has 0 fully saturated rings. The molecule has 0 bridgehead atoms. The van der Waals surface area contributed by atoms with Crippen molar-refractivity contribution in [1.29, 1.82) is 0 Å². The number of furan rings is 1. The van der Waals surface area contributed by atoms with Crippen molar-refractivity contribution in [3.63, 3.8) is 0 Å². The molecule has 1 aromatic carbocycles. The standard InChI is InChI=1S/C16H17N3O/c1-13(15-7-10-20-12-15)18-16-5-3-14(4-6-16)11-19-9-2-8-17-19/h2-10,12-13,18H,11H2,1H3. The fourth-order valence-electron chi connectivity index (χ4n) is 2.14. The van der Waals surface area contributed by atoms with Crippen molar-refractivity contribution in [2.45, 2.75) is 19.5 Å². The Balaban J connectivity index is 1.64. The summed E-state index contributed by atoms with van der Waals surface area (Å²) in [6.07, 6.45) is 7.22. The summed E-state index contributed by atoms with van der Waals surface area (Å²) >= 11 is 0. The van der Waals surface area contributed by atoms with Crippen molar-refractivity contribution >= 4 is 5.69 Å². The molecule has 0 aliphatic heterocycles. The third-order valence-corrected chi connectivity index (χ3v) is 3.28. The minimum absolute atomic E-state index is 0.228. The lowest BCUT2D eigenvalue weighted by Crippen LogP contribution is -2.05. The van der Waals surface area contributed by atoms with E-state index in [1.54, 1.807) is 18.7 Å². The van der Waals surface area contributed by atoms with E-state index in [0.717, 1.165) is 17.8 Å². The number of anilines is 1. The summed E-state index contributed by atoms with van der Waals surface area (Å²) in [4.78, 5) is 0. The Bertz CT molecular complexity index is 627. The molecule has 102 valence electrons. The number of aromatic nitrogens is 2. The van der Waals surface area contributed by atoms with Crippen LogP contribution < -0.4 is 5.32 Å². The zero-order chi connectivity index (χ0) is 13.8. The molecule has 4 nitrogen and oxygen atoms in total. The first-order chi connectivity index (χ1) is 9.81. The summed E-state index contributed by atoms with van der Waals surface area (Å²) in [5, 5.41) is 7.65. The van der Waals surface area contributed by atoms with E-state index in [0.29, 0.717) is 0 Å². The van der Waals surface area contributed by atoms with E-state index in [1.165, 1.54) is 5.56 Å². The van der Waals surface area contributed by atoms with Crippen molar-refractivity contribution < 1.29 is 4.42 Å². The topological polar surface area (TPSA) is 43.0 Å². The number of hydrogen-bond donors (Lipinski definition) is 1. The molecular weight excluding hydrogens is 250 g/mol. The van der Waals surface area contributed by atoms with Gasteiger partial charge >= 0.3 is 0 Å². The van der Waals surface area contributed by atoms with Gasteiger partial charge < -0.3 is 9.73 Å². The monoisotopic (exact) mass is 267 g/mol. The minimum atomic E-state index is 0.228. The first-order valence-electron chi connectivity index (χ1n) is 6.66. The van der Waals surface area contributed by atoms with Gasteiger partial charge in [-0.05, 0) is 36.8 Å². The van der Waals surface area contributed by atoms with Gasteiger partial charge in [0.1, 0.15) is 0 Å². The van der Waals surface area contributed by atoms with E-state index in [9.17, 15) is 0 Å². The average Bonchev–Trinajstić information content (AvgIpc) is 3.13. The molecule has 0 aliphatic rings. The number of rotatable bonds is 5. The van der Waals surface area contributed by atoms with Crippen LogP contribution in [0.2, 0.25) is 0 Å². The second-order valence-electron chi connectivity index (χ2n) is 4.82. The summed E-state index contributed by atoms with van der Waals surface area (Å²) in [6.45, 7) is 2.91. The number of nitrogens with zero attached hydrogens (tertiary/aromatic N) is 2. The van der Waals surface area contributed by atoms with Crippen LogP contribution in [-0.4, -0.2) is 9.78 Å². The second kappa shape index (κ2) is 5.65. The molecule has 1 unspecified atom stereocenters. The van der Waals surface area contributed by atoms with Crippen LogP contribution in [0, 0.1) is 0 Å². The molecule has 4 heteroatoms. The van der Waals surface area contributed by atoms with Crippen LogP contribution in [0.15, 0.2) is 65.7 Å². The maximum atomic E-state index is 5.10. The summed E-state index contributed by atoms with van der Waals surface area (Å²) in [6, 6.07) is 12.6. The van der Waals surface area contributed by atoms with Crippen LogP contribution in [0.25, 0.3) is 0 Å². The molecule has 1 N–H and O–H groups in total. The van der Waals surface area contributed by atoms with E-state index in [-0.39, 0.29) is 6.04 Å². The molecule has 2 aromatic heterocycles. The van der Waals surface area contributed by atoms with Crippen molar-refractivity contribution in [3.8, 4) is 0 Å². The van der Waals surface area contributed by atoms with Gasteiger partial charge in [0.25, 0.3) is 0 Å². The van der Waals surface area contributed by atoms with Crippen LogP contribution in [0.1, 0.15) is 24.1 Å². The van der Waals surface area contributed by atoms with Gasteiger partial charge in [-0.1, -0.05) is 12.1 Å². The van der Waals surface area contributed by atoms with Gasteiger partial charge in [-0.3, -0.25) is 4.68 Å². The molecular formula is C16H17N3O. The summed E-state index contributed by atoms with van der Waals surface area (Å²) in [7, 11) is 0. The zero-order valence-electron chi connectivity index (χ0n) is 11.4. The number of hydrogen-bond acceptors (Lipinski definition) is 3. The van der Waals surface area contributed by atoms with Gasteiger partial charge in [-0.25, -0.2) is 0 Å². The first kappa shape index (κ1) is 12.5. The summed E-state index contributed by atoms with van der Waals surface area (Å²) < 4.78 is 7.01. The van der Waals surface area contributed by atoms with Gasteiger partial charge in [-0.15, -0.1) is 0 Å². The van der Waals surface area contributed by atoms with Crippen molar-refractivity contribution in [3.05, 3.63) is 72.4 Å². The number of nitrogens with one attached hydrogen (secondary N) is 1. The van der Waals surface area contributed by atoms with E-state index in [2.05, 4.69) is 41.6 Å². The Morgan fingerprint density at radius 2 is 2.10 bits per heavy atom. The molecule has 3 aromatic rings. The van der Waals surface area contributed by atoms with Gasteiger partial charge in [0, 0.05) is 23.6 Å². The molecule has 0 saturated carbocycles. The lowest BCUT2D eigenvalue weighted by atomic mass is 10.1. The zero-order valence-corrected chi connectivity index (χ0v) is 11.4. The molecule has 0 radical (unpaired) electrons. The van der Waals surface area contributed by atoms with Crippen molar-refractivity contribution in [1.82, 2.24) is 9.78 Å². The molecule has 3 rings (SSSR count). The largest absolute Gasteiger partial charge is 0.472 e. The van der Waals surface area contributed by atoms with E-state index < -0.39 is 0 Å². The van der Waals surface area contributed by atoms with Crippen LogP contribution in [0.3, 0.4) is 0 Å². The van der Waals surface area contributed by atoms with Crippen LogP contribution >= 0.6 is 0 Å². The highest BCUT2D eigenvalue weighted by molar-refractivity contribution is 5.46. The van der Waals surface area contributed by atoms with Crippen LogP contribution in [0.5, 0.6) is 0 Å². The molecule has 0 aliphatic carbocycles. The summed E-state index contributed by atoms with van der Waals surface area (Å²) in [5.41, 5.74) is 3.48. The van der Waals surface area contributed by atoms with E-state index in [1.807, 2.05) is 23.0 Å². The van der Waals surface area contributed by atoms with E-state index >= 15 is 0 Å². The Morgan fingerprint density at radius 3 is 2.75 bits per heavy atom. The maximum absolute atomic E-state index is 5.10. The molecule has 1 atom stereocenters. The van der Waals surface area contributed by atoms with Crippen molar-refractivity contribution in [2.24, 2.45) is 0 Å². The van der Waals surface area contributed by atoms with Gasteiger partial charge in [0.05, 0.1) is 25.1 Å². The third kappa shape index (κ3) is 2.91. The summed E-state index contributed by atoms with van der Waals surface area (Å²) in [5.74, 6) is 0. The molecule has 20 heavy (non-hydrogen) atoms. The van der Waals surface area contributed by atoms with Crippen LogP contribution in [-0.2, 0) is 6.54 Å². The minimum Gasteiger partial charge on any atom is -0.472 e. The Kier molecular flexibility index (Phi) is 3.54. The average molecular weight is 267 g/mol. The lowest BCUT2D eigenvalue weighted by Gasteiger charge is -2.14. The fraction of sp³-hybridized carbons (Fsp3) is 0.188. The fourth-order valence-corrected chi connectivity index (χ4v) is 2.14. The predicted octanol–water partition coefficient (Wildman–Crippen LogP) is 3.70. The van der Waals surface area contributed by atoms with E-state index in [4.69, 9.17) is 4.42 Å². The third-order valence-electron chi connectivity index (χ3n) is 3.28. The molecule has 0 saturated heterocycles. The number of benzene rings is 1. The van der Waals surface area contributed by atoms with Crippen LogP contribution in [0.4, 0.5) is 5.69 Å². The molecule has 2 heterocycles. The van der Waals surface area contributed by atoms with Gasteiger partial charge in [-0.2, -0.15) is 5.10 Å². The Morgan fingerprint density at radius 1 is 1.25 bits per heavy atom. The highest BCUT2D eigenvalue weighted by Crippen LogP contribution is 2.20. The normalized spacial score (nSPS) is 12.2. The quantitative estimate of drug-likeness (QED) is 0.766. The predicted molar refractivity (Wildman–Crippen MR) is 78.5 cm³/mol. The van der Waals surface area contributed by atoms with Crippen molar-refractivity contribution in [2.75, 3.05) is 5.32 Å². The smallest absolute Gasteiger partial charge is 0.0955 e. The lowest BCUT2D eigenvalue weighted by molar-refractivity contribution is 0.562. The molecule has 0 amide bonds.